The topological polar surface area (TPSA) is 206 Å². The molecule has 131 heavy (non-hydrogen) atoms. The molecule has 22 heteroatoms. The van der Waals surface area contributed by atoms with Gasteiger partial charge in [-0.05, 0) is 284 Å². The summed E-state index contributed by atoms with van der Waals surface area (Å²) in [6, 6.07) is 51.5. The van der Waals surface area contributed by atoms with Crippen LogP contribution in [0.2, 0.25) is 10.0 Å². The Balaban J connectivity index is 0.000000120. The van der Waals surface area contributed by atoms with Gasteiger partial charge in [-0.25, -0.2) is 0 Å². The van der Waals surface area contributed by atoms with Gasteiger partial charge in [0.05, 0.1) is 38.8 Å². The average molecular weight is 1800 g/mol. The molecule has 20 nitrogen and oxygen atoms in total. The number of likely N-dealkylation sites (N-methyl/N-ethyl adjacent to an activating group) is 5. The van der Waals surface area contributed by atoms with Crippen molar-refractivity contribution in [2.24, 2.45) is 0 Å². The molecule has 15 heterocycles. The number of hydrogen-bond acceptors (Lipinski definition) is 15. The third-order valence-corrected chi connectivity index (χ3v) is 28.6. The number of hydrogen-bond donors (Lipinski definition) is 5. The van der Waals surface area contributed by atoms with Crippen LogP contribution in [-0.4, -0.2) is 198 Å². The van der Waals surface area contributed by atoms with Crippen LogP contribution >= 0.6 is 23.2 Å². The summed E-state index contributed by atoms with van der Waals surface area (Å²) in [7, 11) is 10.9. The fourth-order valence-electron chi connectivity index (χ4n) is 20.4. The highest BCUT2D eigenvalue weighted by atomic mass is 35.5. The quantitative estimate of drug-likeness (QED) is 0.0647. The Morgan fingerprint density at radius 3 is 0.924 bits per heavy atom. The third kappa shape index (κ3) is 21.1. The Morgan fingerprint density at radius 1 is 0.313 bits per heavy atom. The van der Waals surface area contributed by atoms with Crippen molar-refractivity contribution in [2.45, 2.75) is 188 Å². The number of fused-ring (bicyclic) bond motifs is 15. The van der Waals surface area contributed by atoms with Crippen LogP contribution < -0.4 is 0 Å². The lowest BCUT2D eigenvalue weighted by Gasteiger charge is -2.26. The monoisotopic (exact) mass is 1800 g/mol. The van der Waals surface area contributed by atoms with Gasteiger partial charge in [0.2, 0.25) is 0 Å². The molecule has 20 rings (SSSR count). The average Bonchev–Trinajstić information content (AvgIpc) is 1.72. The van der Waals surface area contributed by atoms with Crippen LogP contribution in [-0.2, 0) is 119 Å². The molecule has 5 aromatic carbocycles. The molecule has 0 spiro atoms. The van der Waals surface area contributed by atoms with Gasteiger partial charge < -0.3 is 72.9 Å². The maximum Gasteiger partial charge on any atom is 0.106 e. The number of aromatic nitrogens is 10. The number of aliphatic hydroxyl groups is 5. The Morgan fingerprint density at radius 2 is 0.603 bits per heavy atom. The van der Waals surface area contributed by atoms with E-state index in [0.29, 0.717) is 32.7 Å². The Bertz CT molecular complexity index is 6200. The zero-order valence-electron chi connectivity index (χ0n) is 79.0. The van der Waals surface area contributed by atoms with Crippen molar-refractivity contribution < 1.29 is 25.5 Å². The minimum absolute atomic E-state index is 0.495. The number of benzene rings is 5. The molecule has 10 aromatic heterocycles. The standard InChI is InChI=1S/C23H29N3O.C22H26ClN3O.C22H27N3O.C21H24ClN3O.C21H25N3O/c1-16-5-8-21-20(13-16)19-9-11-25(4)12-10-22(19)26(21)15-23(3,27)18-7-6-17(2)24-14-18;1-15-4-5-16(13-24-15)22(2,27)14-26-20-7-6-17(23)12-19(20)18-8-10-25(3)11-9-21(18)26;1-16-4-5-20-19(14-16)18-8-12-24(3)13-9-21(18)25(20)15-22(2,26)17-6-10-23-11-7-17;1-21(26,15-4-3-9-23-13-15)14-25-19-6-5-16(22)12-18(19)17-7-10-24(2)11-8-20(17)25;1-15-3-4-19-18(13-15)17-7-11-23(2)12-8-20(17)24(19)14-21(25)16-5-9-22-10-6-16/h5-8,13-14,27H,9-12,15H2,1-4H3;4-7,12-13,27H,8-11,14H2,1-3H3;4-7,10-11,14,26H,8-9,12-13,15H2,1-3H3;3-6,9,12-13,26H,7-8,10-11,14H2,1-2H3;3-6,9-10,13,21,25H,7-8,11-12,14H2,1-2H3. The van der Waals surface area contributed by atoms with Gasteiger partial charge in [-0.2, -0.15) is 0 Å². The second kappa shape index (κ2) is 39.9. The number of halogens is 2. The van der Waals surface area contributed by atoms with Crippen molar-refractivity contribution in [1.82, 2.24) is 72.3 Å². The summed E-state index contributed by atoms with van der Waals surface area (Å²) in [6.07, 6.45) is 23.7. The highest BCUT2D eigenvalue weighted by Gasteiger charge is 2.35. The van der Waals surface area contributed by atoms with Gasteiger partial charge >= 0.3 is 0 Å². The molecule has 5 N–H and O–H groups in total. The van der Waals surface area contributed by atoms with Gasteiger partial charge in [-0.1, -0.05) is 76.3 Å². The maximum atomic E-state index is 11.3. The van der Waals surface area contributed by atoms with Crippen molar-refractivity contribution in [2.75, 3.05) is 101 Å². The van der Waals surface area contributed by atoms with Gasteiger partial charge in [0.25, 0.3) is 0 Å². The van der Waals surface area contributed by atoms with Crippen LogP contribution in [0, 0.1) is 34.6 Å². The fraction of sp³-hybridized carbons (Fsp3) is 0.404. The molecular weight excluding hydrogens is 1670 g/mol. The van der Waals surface area contributed by atoms with Crippen molar-refractivity contribution in [1.29, 1.82) is 0 Å². The number of rotatable bonds is 15. The maximum absolute atomic E-state index is 11.3. The minimum atomic E-state index is -1.00. The van der Waals surface area contributed by atoms with Crippen molar-refractivity contribution in [3.63, 3.8) is 0 Å². The SMILES string of the molecule is CN1CCc2c(n(CC(C)(O)c3cccnc3)c3ccc(Cl)cc23)CC1.Cc1ccc(C(C)(O)Cn2c3c(c4cc(Cl)ccc42)CCN(C)CC3)cn1.Cc1ccc2c(c1)c1c(n2CC(C)(O)c2ccc(C)nc2)CCN(C)CC1.Cc1ccc2c(c1)c1c(n2CC(C)(O)c2ccncc2)CCN(C)CC1.Cc1ccc2c(c1)c1c(n2CC(O)c2ccncc2)CCN(C)CC1. The lowest BCUT2D eigenvalue weighted by molar-refractivity contribution is 0.0380. The minimum Gasteiger partial charge on any atom is -0.387 e. The van der Waals surface area contributed by atoms with Crippen LogP contribution in [0.4, 0.5) is 0 Å². The van der Waals surface area contributed by atoms with Crippen LogP contribution in [0.5, 0.6) is 0 Å². The van der Waals surface area contributed by atoms with Crippen molar-refractivity contribution >= 4 is 77.7 Å². The fourth-order valence-corrected chi connectivity index (χ4v) is 20.8. The molecule has 5 atom stereocenters. The van der Waals surface area contributed by atoms with Gasteiger partial charge in [0.15, 0.2) is 0 Å². The van der Waals surface area contributed by atoms with Gasteiger partial charge in [-0.15, -0.1) is 0 Å². The molecule has 0 bridgehead atoms. The predicted molar refractivity (Wildman–Crippen MR) is 532 cm³/mol. The summed E-state index contributed by atoms with van der Waals surface area (Å²) in [6.45, 7) is 31.1. The molecule has 0 saturated carbocycles. The molecule has 0 aliphatic carbocycles. The highest BCUT2D eigenvalue weighted by molar-refractivity contribution is 6.31. The van der Waals surface area contributed by atoms with Crippen LogP contribution in [0.1, 0.15) is 146 Å². The summed E-state index contributed by atoms with van der Waals surface area (Å²) in [5, 5.41) is 63.8. The molecule has 0 radical (unpaired) electrons. The number of aliphatic hydroxyl groups excluding tert-OH is 1. The first-order valence-corrected chi connectivity index (χ1v) is 47.5. The Hall–Kier alpha value is -10.3. The van der Waals surface area contributed by atoms with E-state index in [1.165, 1.54) is 116 Å². The summed E-state index contributed by atoms with van der Waals surface area (Å²) in [5.74, 6) is 0. The van der Waals surface area contributed by atoms with E-state index in [1.807, 2.05) is 114 Å². The summed E-state index contributed by atoms with van der Waals surface area (Å²) < 4.78 is 11.6. The first-order chi connectivity index (χ1) is 62.7. The number of pyridine rings is 5. The second-order valence-electron chi connectivity index (χ2n) is 38.7. The van der Waals surface area contributed by atoms with Crippen molar-refractivity contribution in [3.8, 4) is 0 Å². The Kier molecular flexibility index (Phi) is 28.6. The lowest BCUT2D eigenvalue weighted by Crippen LogP contribution is -2.29. The largest absolute Gasteiger partial charge is 0.387 e. The smallest absolute Gasteiger partial charge is 0.106 e. The zero-order valence-corrected chi connectivity index (χ0v) is 80.5. The zero-order chi connectivity index (χ0) is 92.4. The molecule has 5 aliphatic heterocycles. The summed E-state index contributed by atoms with van der Waals surface area (Å²) >= 11 is 12.6. The van der Waals surface area contributed by atoms with Crippen LogP contribution in [0.15, 0.2) is 201 Å². The molecule has 5 aliphatic rings. The molecule has 686 valence electrons. The van der Waals surface area contributed by atoms with E-state index in [0.717, 1.165) is 190 Å². The second-order valence-corrected chi connectivity index (χ2v) is 39.6. The molecule has 5 unspecified atom stereocenters. The predicted octanol–water partition coefficient (Wildman–Crippen LogP) is 17.5. The molecule has 0 amide bonds. The first kappa shape index (κ1) is 93.9. The summed E-state index contributed by atoms with van der Waals surface area (Å²) in [4.78, 5) is 33.0. The van der Waals surface area contributed by atoms with E-state index in [-0.39, 0.29) is 0 Å². The molecule has 0 fully saturated rings. The highest BCUT2D eigenvalue weighted by Crippen LogP contribution is 2.41. The van der Waals surface area contributed by atoms with Crippen LogP contribution in [0.3, 0.4) is 0 Å². The van der Waals surface area contributed by atoms with Crippen molar-refractivity contribution in [3.05, 3.63) is 323 Å². The first-order valence-electron chi connectivity index (χ1n) is 46.7. The normalized spacial score (nSPS) is 17.4. The van der Waals surface area contributed by atoms with Gasteiger partial charge in [0, 0.05) is 268 Å². The molecule has 15 aromatic rings. The van der Waals surface area contributed by atoms with E-state index in [2.05, 4.69) is 207 Å². The van der Waals surface area contributed by atoms with E-state index < -0.39 is 28.5 Å². The van der Waals surface area contributed by atoms with Gasteiger partial charge in [0.1, 0.15) is 22.4 Å². The summed E-state index contributed by atoms with van der Waals surface area (Å²) in [5.41, 5.74) is 26.1. The van der Waals surface area contributed by atoms with E-state index in [9.17, 15) is 25.5 Å². The number of nitrogens with zero attached hydrogens (tertiary/aromatic N) is 15. The molecule has 0 saturated heterocycles. The lowest BCUT2D eigenvalue weighted by atomic mass is 9.97. The van der Waals surface area contributed by atoms with Crippen LogP contribution in [0.25, 0.3) is 54.5 Å². The number of aryl methyl sites for hydroxylation is 5. The van der Waals surface area contributed by atoms with E-state index >= 15 is 0 Å². The molecular formula is C109H131Cl2N15O5. The van der Waals surface area contributed by atoms with Gasteiger partial charge in [-0.3, -0.25) is 24.9 Å². The Labute approximate surface area is 782 Å². The van der Waals surface area contributed by atoms with E-state index in [4.69, 9.17) is 23.2 Å². The van der Waals surface area contributed by atoms with E-state index in [1.54, 1.807) is 49.6 Å². The third-order valence-electron chi connectivity index (χ3n) is 28.2.